The van der Waals surface area contributed by atoms with E-state index in [0.717, 1.165) is 6.26 Å². The number of nitrogens with one attached hydrogen (secondary N) is 3. The van der Waals surface area contributed by atoms with Gasteiger partial charge in [0.2, 0.25) is 0 Å². The molecule has 0 fully saturated rings. The number of aromatic nitrogens is 2. The number of ether oxygens (including phenoxy) is 1. The van der Waals surface area contributed by atoms with Crippen molar-refractivity contribution in [3.63, 3.8) is 0 Å². The number of carbonyl (C=O) groups is 1. The Morgan fingerprint density at radius 2 is 1.85 bits per heavy atom. The minimum absolute atomic E-state index is 0.0668. The Kier molecular flexibility index (Phi) is 5.50. The van der Waals surface area contributed by atoms with Gasteiger partial charge in [-0.15, -0.1) is 0 Å². The number of nitrogens with two attached hydrogens (primary N) is 1. The van der Waals surface area contributed by atoms with E-state index in [1.807, 2.05) is 4.98 Å². The molecule has 0 spiro atoms. The fraction of sp³-hybridized carbons (Fsp3) is 0.267. The molecule has 1 amide bonds. The second-order valence-electron chi connectivity index (χ2n) is 5.63. The molecule has 0 saturated heterocycles. The molecule has 2 aromatic rings. The number of sulfone groups is 1. The molecule has 10 nitrogen and oxygen atoms in total. The van der Waals surface area contributed by atoms with Crippen LogP contribution in [0.1, 0.15) is 17.4 Å². The zero-order chi connectivity index (χ0) is 19.5. The lowest BCUT2D eigenvalue weighted by Crippen LogP contribution is -2.40. The maximum atomic E-state index is 12.1. The van der Waals surface area contributed by atoms with Crippen molar-refractivity contribution < 1.29 is 17.9 Å². The van der Waals surface area contributed by atoms with Crippen molar-refractivity contribution >= 4 is 21.4 Å². The highest BCUT2D eigenvalue weighted by Crippen LogP contribution is 2.16. The fourth-order valence-corrected chi connectivity index (χ4v) is 2.65. The first-order valence-corrected chi connectivity index (χ1v) is 9.33. The van der Waals surface area contributed by atoms with Crippen LogP contribution in [0.25, 0.3) is 0 Å². The normalized spacial score (nSPS) is 12.4. The van der Waals surface area contributed by atoms with Gasteiger partial charge in [0, 0.05) is 6.26 Å². The van der Waals surface area contributed by atoms with Crippen molar-refractivity contribution in [2.24, 2.45) is 0 Å². The van der Waals surface area contributed by atoms with Gasteiger partial charge in [0.15, 0.2) is 9.84 Å². The maximum absolute atomic E-state index is 12.1. The fourth-order valence-electron chi connectivity index (χ4n) is 2.02. The van der Waals surface area contributed by atoms with E-state index >= 15 is 0 Å². The molecule has 2 rings (SSSR count). The molecule has 11 heteroatoms. The first-order valence-electron chi connectivity index (χ1n) is 7.44. The molecule has 1 atom stereocenters. The van der Waals surface area contributed by atoms with E-state index in [1.54, 1.807) is 6.92 Å². The molecular formula is C15H18N4O6S. The van der Waals surface area contributed by atoms with Crippen LogP contribution in [0.5, 0.6) is 5.75 Å². The molecular weight excluding hydrogens is 364 g/mol. The number of carbonyl (C=O) groups excluding carboxylic acids is 1. The standard InChI is InChI=1S/C15H18N4O6S/c1-8(7-25-9-3-5-10(6-4-9)26(2,23)24)17-14(21)12-11(16)13(20)19-15(22)18-12/h3-6,8H,7,16H2,1-2H3,(H,17,21)(H2,18,19,20,22). The van der Waals surface area contributed by atoms with E-state index in [4.69, 9.17) is 10.5 Å². The third-order valence-corrected chi connectivity index (χ3v) is 4.46. The smallest absolute Gasteiger partial charge is 0.326 e. The summed E-state index contributed by atoms with van der Waals surface area (Å²) in [4.78, 5) is 39.0. The molecule has 0 radical (unpaired) electrons. The first-order chi connectivity index (χ1) is 12.1. The monoisotopic (exact) mass is 382 g/mol. The summed E-state index contributed by atoms with van der Waals surface area (Å²) in [7, 11) is -3.29. The molecule has 1 unspecified atom stereocenters. The van der Waals surface area contributed by atoms with Gasteiger partial charge in [-0.3, -0.25) is 14.6 Å². The van der Waals surface area contributed by atoms with Crippen LogP contribution in [0.2, 0.25) is 0 Å². The first kappa shape index (κ1) is 19.2. The van der Waals surface area contributed by atoms with Crippen molar-refractivity contribution in [1.82, 2.24) is 15.3 Å². The van der Waals surface area contributed by atoms with Crippen molar-refractivity contribution in [2.75, 3.05) is 18.6 Å². The van der Waals surface area contributed by atoms with Crippen molar-refractivity contribution in [3.05, 3.63) is 50.8 Å². The third kappa shape index (κ3) is 4.72. The molecule has 26 heavy (non-hydrogen) atoms. The van der Waals surface area contributed by atoms with E-state index < -0.39 is 38.7 Å². The molecule has 140 valence electrons. The SMILES string of the molecule is CC(COc1ccc(S(C)(=O)=O)cc1)NC(=O)c1[nH]c(=O)[nH]c(=O)c1N. The molecule has 0 aliphatic carbocycles. The number of aromatic amines is 2. The van der Waals surface area contributed by atoms with Crippen molar-refractivity contribution in [3.8, 4) is 5.75 Å². The summed E-state index contributed by atoms with van der Waals surface area (Å²) >= 11 is 0. The molecule has 0 bridgehead atoms. The summed E-state index contributed by atoms with van der Waals surface area (Å²) in [6.45, 7) is 1.71. The number of anilines is 1. The highest BCUT2D eigenvalue weighted by molar-refractivity contribution is 7.90. The summed E-state index contributed by atoms with van der Waals surface area (Å²) in [5.74, 6) is -0.309. The highest BCUT2D eigenvalue weighted by atomic mass is 32.2. The number of hydrogen-bond acceptors (Lipinski definition) is 7. The van der Waals surface area contributed by atoms with Gasteiger partial charge in [-0.25, -0.2) is 13.2 Å². The van der Waals surface area contributed by atoms with E-state index in [9.17, 15) is 22.8 Å². The average molecular weight is 382 g/mol. The predicted molar refractivity (Wildman–Crippen MR) is 94.1 cm³/mol. The van der Waals surface area contributed by atoms with Crippen LogP contribution in [0.15, 0.2) is 38.8 Å². The van der Waals surface area contributed by atoms with Gasteiger partial charge in [0.05, 0.1) is 10.9 Å². The quantitative estimate of drug-likeness (QED) is 0.510. The number of H-pyrrole nitrogens is 2. The van der Waals surface area contributed by atoms with E-state index in [1.165, 1.54) is 24.3 Å². The van der Waals surface area contributed by atoms with E-state index in [2.05, 4.69) is 10.3 Å². The Bertz CT molecular complexity index is 1020. The van der Waals surface area contributed by atoms with Crippen LogP contribution in [0.4, 0.5) is 5.69 Å². The largest absolute Gasteiger partial charge is 0.491 e. The molecule has 5 N–H and O–H groups in total. The van der Waals surface area contributed by atoms with Gasteiger partial charge in [-0.2, -0.15) is 0 Å². The van der Waals surface area contributed by atoms with Crippen molar-refractivity contribution in [1.29, 1.82) is 0 Å². The topological polar surface area (TPSA) is 164 Å². The van der Waals surface area contributed by atoms with Gasteiger partial charge in [0.25, 0.3) is 11.5 Å². The number of hydrogen-bond donors (Lipinski definition) is 4. The molecule has 1 aromatic heterocycles. The molecule has 1 heterocycles. The minimum atomic E-state index is -3.29. The third-order valence-electron chi connectivity index (χ3n) is 3.34. The summed E-state index contributed by atoms with van der Waals surface area (Å²) < 4.78 is 28.3. The van der Waals surface area contributed by atoms with Gasteiger partial charge < -0.3 is 20.8 Å². The Labute approximate surface area is 148 Å². The van der Waals surface area contributed by atoms with Crippen molar-refractivity contribution in [2.45, 2.75) is 17.9 Å². The van der Waals surface area contributed by atoms with Gasteiger partial charge in [0.1, 0.15) is 23.7 Å². The van der Waals surface area contributed by atoms with Crippen LogP contribution in [0, 0.1) is 0 Å². The Hall–Kier alpha value is -3.08. The minimum Gasteiger partial charge on any atom is -0.491 e. The van der Waals surface area contributed by atoms with Crippen LogP contribution < -0.4 is 27.0 Å². The lowest BCUT2D eigenvalue weighted by Gasteiger charge is -2.15. The zero-order valence-corrected chi connectivity index (χ0v) is 14.8. The average Bonchev–Trinajstić information content (AvgIpc) is 2.55. The maximum Gasteiger partial charge on any atom is 0.326 e. The Balaban J connectivity index is 1.99. The lowest BCUT2D eigenvalue weighted by molar-refractivity contribution is 0.0922. The zero-order valence-electron chi connectivity index (χ0n) is 14.0. The van der Waals surface area contributed by atoms with Crippen LogP contribution in [-0.4, -0.2) is 43.2 Å². The van der Waals surface area contributed by atoms with Crippen LogP contribution >= 0.6 is 0 Å². The summed E-state index contributed by atoms with van der Waals surface area (Å²) in [6, 6.07) is 5.33. The van der Waals surface area contributed by atoms with E-state index in [0.29, 0.717) is 5.75 Å². The molecule has 0 saturated carbocycles. The van der Waals surface area contributed by atoms with Gasteiger partial charge >= 0.3 is 5.69 Å². The summed E-state index contributed by atoms with van der Waals surface area (Å²) in [5.41, 5.74) is 3.06. The second-order valence-corrected chi connectivity index (χ2v) is 7.64. The number of rotatable bonds is 6. The number of amides is 1. The Morgan fingerprint density at radius 3 is 2.42 bits per heavy atom. The highest BCUT2D eigenvalue weighted by Gasteiger charge is 2.16. The van der Waals surface area contributed by atoms with Crippen LogP contribution in [-0.2, 0) is 9.84 Å². The van der Waals surface area contributed by atoms with Crippen LogP contribution in [0.3, 0.4) is 0 Å². The lowest BCUT2D eigenvalue weighted by atomic mass is 10.3. The predicted octanol–water partition coefficient (Wildman–Crippen LogP) is -0.754. The summed E-state index contributed by atoms with van der Waals surface area (Å²) in [6.07, 6.45) is 1.10. The molecule has 1 aromatic carbocycles. The molecule has 0 aliphatic rings. The second kappa shape index (κ2) is 7.44. The van der Waals surface area contributed by atoms with E-state index in [-0.39, 0.29) is 17.2 Å². The number of nitrogen functional groups attached to an aromatic ring is 1. The summed E-state index contributed by atoms with van der Waals surface area (Å²) in [5, 5.41) is 2.53. The van der Waals surface area contributed by atoms with Gasteiger partial charge in [-0.1, -0.05) is 0 Å². The van der Waals surface area contributed by atoms with Gasteiger partial charge in [-0.05, 0) is 31.2 Å². The number of benzene rings is 1. The Morgan fingerprint density at radius 1 is 1.23 bits per heavy atom. The molecule has 0 aliphatic heterocycles.